The number of thioether (sulfide) groups is 1. The van der Waals surface area contributed by atoms with Gasteiger partial charge in [-0.3, -0.25) is 25.0 Å². The van der Waals surface area contributed by atoms with Crippen LogP contribution in [0.4, 0.5) is 16.5 Å². The fourth-order valence-corrected chi connectivity index (χ4v) is 4.78. The van der Waals surface area contributed by atoms with Crippen LogP contribution in [0.2, 0.25) is 0 Å². The van der Waals surface area contributed by atoms with Crippen LogP contribution in [0.15, 0.2) is 34.7 Å². The molecule has 166 valence electrons. The lowest BCUT2D eigenvalue weighted by atomic mass is 10.1. The quantitative estimate of drug-likeness (QED) is 0.222. The van der Waals surface area contributed by atoms with Gasteiger partial charge in [0.05, 0.1) is 10.7 Å². The van der Waals surface area contributed by atoms with E-state index >= 15 is 0 Å². The van der Waals surface area contributed by atoms with Crippen molar-refractivity contribution in [2.45, 2.75) is 32.0 Å². The van der Waals surface area contributed by atoms with Gasteiger partial charge in [-0.15, -0.1) is 10.2 Å². The van der Waals surface area contributed by atoms with Crippen LogP contribution in [0.5, 0.6) is 0 Å². The molecular formula is C21H21N5O4S2. The number of anilines is 2. The Kier molecular flexibility index (Phi) is 7.21. The van der Waals surface area contributed by atoms with Crippen LogP contribution in [0.1, 0.15) is 32.6 Å². The molecular weight excluding hydrogens is 450 g/mol. The molecule has 32 heavy (non-hydrogen) atoms. The van der Waals surface area contributed by atoms with Gasteiger partial charge in [0.2, 0.25) is 11.0 Å². The second-order valence-corrected chi connectivity index (χ2v) is 9.34. The summed E-state index contributed by atoms with van der Waals surface area (Å²) >= 11 is 2.33. The maximum atomic E-state index is 12.5. The first-order valence-electron chi connectivity index (χ1n) is 9.55. The second-order valence-electron chi connectivity index (χ2n) is 7.14. The normalized spacial score (nSPS) is 10.6. The van der Waals surface area contributed by atoms with E-state index in [1.54, 1.807) is 0 Å². The van der Waals surface area contributed by atoms with Gasteiger partial charge in [-0.25, -0.2) is 0 Å². The Bertz CT molecular complexity index is 1190. The highest BCUT2D eigenvalue weighted by Gasteiger charge is 2.19. The number of hydrogen-bond donors (Lipinski definition) is 2. The molecule has 2 N–H and O–H groups in total. The Balaban J connectivity index is 1.60. The fourth-order valence-electron chi connectivity index (χ4n) is 3.23. The van der Waals surface area contributed by atoms with Crippen molar-refractivity contribution < 1.29 is 14.5 Å². The smallest absolute Gasteiger partial charge is 0.273 e. The molecule has 3 rings (SSSR count). The Morgan fingerprint density at radius 1 is 1.09 bits per heavy atom. The van der Waals surface area contributed by atoms with Crippen LogP contribution in [-0.2, 0) is 4.79 Å². The Hall–Kier alpha value is -3.31. The number of aryl methyl sites for hydroxylation is 3. The van der Waals surface area contributed by atoms with Gasteiger partial charge in [0.15, 0.2) is 4.34 Å². The molecule has 0 spiro atoms. The van der Waals surface area contributed by atoms with Crippen LogP contribution in [0, 0.1) is 37.8 Å². The van der Waals surface area contributed by atoms with Crippen molar-refractivity contribution in [1.29, 1.82) is 0 Å². The average Bonchev–Trinajstić information content (AvgIpc) is 3.16. The predicted octanol–water partition coefficient (Wildman–Crippen LogP) is 4.66. The average molecular weight is 472 g/mol. The third-order valence-corrected chi connectivity index (χ3v) is 6.61. The summed E-state index contributed by atoms with van der Waals surface area (Å²) in [7, 11) is 0. The minimum Gasteiger partial charge on any atom is -0.325 e. The molecule has 0 saturated carbocycles. The number of nitro groups is 1. The molecule has 0 atom stereocenters. The van der Waals surface area contributed by atoms with E-state index in [0.29, 0.717) is 4.34 Å². The van der Waals surface area contributed by atoms with E-state index in [9.17, 15) is 19.7 Å². The van der Waals surface area contributed by atoms with Crippen LogP contribution >= 0.6 is 23.1 Å². The summed E-state index contributed by atoms with van der Waals surface area (Å²) in [6.07, 6.45) is 0. The number of rotatable bonds is 7. The highest BCUT2D eigenvalue weighted by Crippen LogP contribution is 2.28. The summed E-state index contributed by atoms with van der Waals surface area (Å²) in [5.74, 6) is -0.542. The summed E-state index contributed by atoms with van der Waals surface area (Å²) in [6, 6.07) is 8.33. The molecule has 0 radical (unpaired) electrons. The first-order chi connectivity index (χ1) is 15.2. The number of aromatic nitrogens is 2. The number of carbonyl (C=O) groups excluding carboxylic acids is 2. The maximum Gasteiger partial charge on any atom is 0.273 e. The molecule has 0 bridgehead atoms. The molecule has 9 nitrogen and oxygen atoms in total. The third-order valence-electron chi connectivity index (χ3n) is 4.64. The van der Waals surface area contributed by atoms with Crippen molar-refractivity contribution in [3.8, 4) is 0 Å². The number of carbonyl (C=O) groups is 2. The lowest BCUT2D eigenvalue weighted by molar-refractivity contribution is -0.385. The zero-order chi connectivity index (χ0) is 23.4. The fraction of sp³-hybridized carbons (Fsp3) is 0.238. The topological polar surface area (TPSA) is 127 Å². The van der Waals surface area contributed by atoms with Gasteiger partial charge in [-0.05, 0) is 44.9 Å². The lowest BCUT2D eigenvalue weighted by Gasteiger charge is -2.12. The van der Waals surface area contributed by atoms with E-state index in [0.717, 1.165) is 33.7 Å². The molecule has 0 aliphatic rings. The van der Waals surface area contributed by atoms with Crippen LogP contribution < -0.4 is 10.6 Å². The number of nitrogens with zero attached hydrogens (tertiary/aromatic N) is 3. The van der Waals surface area contributed by atoms with E-state index < -0.39 is 10.8 Å². The number of benzene rings is 2. The molecule has 0 aliphatic carbocycles. The van der Waals surface area contributed by atoms with Crippen molar-refractivity contribution in [2.75, 3.05) is 16.4 Å². The number of amides is 2. The molecule has 0 fully saturated rings. The summed E-state index contributed by atoms with van der Waals surface area (Å²) in [6.45, 7) is 7.43. The first kappa shape index (κ1) is 23.4. The van der Waals surface area contributed by atoms with Gasteiger partial charge in [-0.1, -0.05) is 46.9 Å². The van der Waals surface area contributed by atoms with Crippen LogP contribution in [0.3, 0.4) is 0 Å². The minimum absolute atomic E-state index is 0.128. The highest BCUT2D eigenvalue weighted by atomic mass is 32.2. The van der Waals surface area contributed by atoms with E-state index in [-0.39, 0.29) is 33.6 Å². The van der Waals surface area contributed by atoms with Gasteiger partial charge >= 0.3 is 0 Å². The van der Waals surface area contributed by atoms with Crippen LogP contribution in [0.25, 0.3) is 0 Å². The molecule has 0 saturated heterocycles. The van der Waals surface area contributed by atoms with E-state index in [2.05, 4.69) is 20.8 Å². The van der Waals surface area contributed by atoms with Gasteiger partial charge in [0.1, 0.15) is 0 Å². The minimum atomic E-state index is -0.531. The maximum absolute atomic E-state index is 12.5. The highest BCUT2D eigenvalue weighted by molar-refractivity contribution is 8.01. The number of nitro benzene ring substituents is 1. The molecule has 1 aromatic heterocycles. The molecule has 2 amide bonds. The largest absolute Gasteiger partial charge is 0.325 e. The van der Waals surface area contributed by atoms with Gasteiger partial charge in [-0.2, -0.15) is 0 Å². The predicted molar refractivity (Wildman–Crippen MR) is 126 cm³/mol. The SMILES string of the molecule is Cc1cc(C)c(NC(=O)CSc2nnc(NC(=O)c3cccc([N+](=O)[O-])c3C)s2)c(C)c1. The summed E-state index contributed by atoms with van der Waals surface area (Å²) in [5, 5.41) is 24.8. The summed E-state index contributed by atoms with van der Waals surface area (Å²) in [4.78, 5) is 35.4. The summed E-state index contributed by atoms with van der Waals surface area (Å²) < 4.78 is 0.517. The molecule has 1 heterocycles. The van der Waals surface area contributed by atoms with E-state index in [1.807, 2.05) is 32.9 Å². The van der Waals surface area contributed by atoms with Crippen molar-refractivity contribution in [2.24, 2.45) is 0 Å². The van der Waals surface area contributed by atoms with Gasteiger partial charge in [0.25, 0.3) is 11.6 Å². The molecule has 3 aromatic rings. The summed E-state index contributed by atoms with van der Waals surface area (Å²) in [5.41, 5.74) is 4.27. The van der Waals surface area contributed by atoms with E-state index in [4.69, 9.17) is 0 Å². The number of nitrogens with one attached hydrogen (secondary N) is 2. The van der Waals surface area contributed by atoms with Crippen molar-refractivity contribution in [3.63, 3.8) is 0 Å². The van der Waals surface area contributed by atoms with E-state index in [1.165, 1.54) is 36.9 Å². The lowest BCUT2D eigenvalue weighted by Crippen LogP contribution is -2.15. The molecule has 0 aliphatic heterocycles. The monoisotopic (exact) mass is 471 g/mol. The first-order valence-corrected chi connectivity index (χ1v) is 11.3. The van der Waals surface area contributed by atoms with Gasteiger partial charge in [0, 0.05) is 22.9 Å². The van der Waals surface area contributed by atoms with Crippen LogP contribution in [-0.4, -0.2) is 32.7 Å². The zero-order valence-corrected chi connectivity index (χ0v) is 19.5. The van der Waals surface area contributed by atoms with Gasteiger partial charge < -0.3 is 5.32 Å². The Morgan fingerprint density at radius 2 is 1.78 bits per heavy atom. The third kappa shape index (κ3) is 5.48. The Labute approximate surface area is 192 Å². The second kappa shape index (κ2) is 9.88. The van der Waals surface area contributed by atoms with Crippen molar-refractivity contribution in [1.82, 2.24) is 10.2 Å². The number of hydrogen-bond acceptors (Lipinski definition) is 8. The molecule has 2 aromatic carbocycles. The zero-order valence-electron chi connectivity index (χ0n) is 17.9. The molecule has 0 unspecified atom stereocenters. The Morgan fingerprint density at radius 3 is 2.44 bits per heavy atom. The molecule has 11 heteroatoms. The van der Waals surface area contributed by atoms with Crippen molar-refractivity contribution in [3.05, 3.63) is 68.3 Å². The standard InChI is InChI=1S/C21H21N5O4S2/c1-11-8-12(2)18(13(3)9-11)22-17(27)10-31-21-25-24-20(32-21)23-19(28)15-6-5-7-16(14(15)4)26(29)30/h5-9H,10H2,1-4H3,(H,22,27)(H,23,24,28). The van der Waals surface area contributed by atoms with Crippen molar-refractivity contribution >= 4 is 51.4 Å².